The molecule has 4 N–H and O–H groups in total. The summed E-state index contributed by atoms with van der Waals surface area (Å²) in [6.07, 6.45) is 0.939. The summed E-state index contributed by atoms with van der Waals surface area (Å²) in [5.41, 5.74) is 0.309. The van der Waals surface area contributed by atoms with E-state index in [2.05, 4.69) is 36.2 Å². The molecule has 34 heavy (non-hydrogen) atoms. The third kappa shape index (κ3) is 7.81. The molecule has 1 aromatic rings. The van der Waals surface area contributed by atoms with Crippen LogP contribution in [0.15, 0.2) is 4.63 Å². The van der Waals surface area contributed by atoms with Gasteiger partial charge in [0.05, 0.1) is 6.54 Å². The van der Waals surface area contributed by atoms with E-state index in [1.807, 2.05) is 13.8 Å². The van der Waals surface area contributed by atoms with Gasteiger partial charge in [-0.2, -0.15) is 0 Å². The van der Waals surface area contributed by atoms with Crippen molar-refractivity contribution in [1.82, 2.24) is 36.5 Å². The largest absolute Gasteiger partial charge is 0.354 e. The second-order valence-electron chi connectivity index (χ2n) is 8.53. The number of aryl methyl sites for hydroxylation is 1. The maximum absolute atomic E-state index is 12.7. The number of nitrogens with one attached hydrogen (secondary N) is 4. The normalized spacial score (nSPS) is 21.1. The van der Waals surface area contributed by atoms with Crippen molar-refractivity contribution < 1.29 is 28.6 Å². The van der Waals surface area contributed by atoms with Crippen molar-refractivity contribution in [1.29, 1.82) is 0 Å². The first-order chi connectivity index (χ1) is 16.1. The Morgan fingerprint density at radius 1 is 1.12 bits per heavy atom. The van der Waals surface area contributed by atoms with Crippen LogP contribution in [0.5, 0.6) is 0 Å². The average molecular weight is 480 g/mol. The summed E-state index contributed by atoms with van der Waals surface area (Å²) < 4.78 is 4.50. The van der Waals surface area contributed by atoms with E-state index in [-0.39, 0.29) is 48.8 Å². The van der Waals surface area contributed by atoms with E-state index < -0.39 is 23.9 Å². The minimum absolute atomic E-state index is 0.00115. The summed E-state index contributed by atoms with van der Waals surface area (Å²) in [5, 5.41) is 17.6. The van der Waals surface area contributed by atoms with Gasteiger partial charge in [-0.25, -0.2) is 4.63 Å². The maximum atomic E-state index is 12.7. The fraction of sp³-hybridized carbons (Fsp3) is 0.667. The molecular formula is C21H33N7O6. The Balaban J connectivity index is 2.03. The van der Waals surface area contributed by atoms with Crippen LogP contribution in [0.3, 0.4) is 0 Å². The molecule has 2 rings (SSSR count). The highest BCUT2D eigenvalue weighted by Crippen LogP contribution is 2.05. The van der Waals surface area contributed by atoms with Gasteiger partial charge < -0.3 is 26.2 Å². The monoisotopic (exact) mass is 479 g/mol. The van der Waals surface area contributed by atoms with Crippen LogP contribution in [0.25, 0.3) is 0 Å². The fourth-order valence-electron chi connectivity index (χ4n) is 3.36. The molecule has 0 spiro atoms. The van der Waals surface area contributed by atoms with Crippen molar-refractivity contribution >= 4 is 29.5 Å². The van der Waals surface area contributed by atoms with Gasteiger partial charge >= 0.3 is 0 Å². The van der Waals surface area contributed by atoms with Gasteiger partial charge in [0.1, 0.15) is 17.8 Å². The van der Waals surface area contributed by atoms with E-state index in [0.29, 0.717) is 31.6 Å². The highest BCUT2D eigenvalue weighted by molar-refractivity contribution is 5.95. The summed E-state index contributed by atoms with van der Waals surface area (Å²) in [6, 6.07) is -1.56. The third-order valence-electron chi connectivity index (χ3n) is 5.37. The predicted molar refractivity (Wildman–Crippen MR) is 119 cm³/mol. The van der Waals surface area contributed by atoms with Gasteiger partial charge in [0.15, 0.2) is 5.69 Å². The molecule has 0 aliphatic carbocycles. The molecule has 1 saturated heterocycles. The van der Waals surface area contributed by atoms with E-state index >= 15 is 0 Å². The standard InChI is InChI=1S/C21H33N7O6/c1-12(2)17-20(32)22-8-6-10-28(9-5-7-15(29)24-14(4)19(31)25-17)16(30)11-23-21(33)18-13(3)26-34-27-18/h12,14,17H,5-11H2,1-4H3,(H,22,32)(H,23,33)(H,24,29)(H,25,31)/t14-,17-/m1/s1. The van der Waals surface area contributed by atoms with Crippen molar-refractivity contribution in [2.24, 2.45) is 5.92 Å². The molecule has 1 aliphatic rings. The Morgan fingerprint density at radius 3 is 2.47 bits per heavy atom. The van der Waals surface area contributed by atoms with E-state index in [9.17, 15) is 24.0 Å². The van der Waals surface area contributed by atoms with Crippen molar-refractivity contribution in [3.05, 3.63) is 11.4 Å². The van der Waals surface area contributed by atoms with Gasteiger partial charge in [0, 0.05) is 26.1 Å². The third-order valence-corrected chi connectivity index (χ3v) is 5.37. The lowest BCUT2D eigenvalue weighted by molar-refractivity contribution is -0.132. The van der Waals surface area contributed by atoms with Crippen LogP contribution in [0.4, 0.5) is 0 Å². The first-order valence-electron chi connectivity index (χ1n) is 11.3. The molecule has 2 heterocycles. The van der Waals surface area contributed by atoms with E-state index in [4.69, 9.17) is 0 Å². The number of amides is 5. The van der Waals surface area contributed by atoms with Crippen LogP contribution in [0, 0.1) is 12.8 Å². The Bertz CT molecular complexity index is 900. The van der Waals surface area contributed by atoms with Crippen LogP contribution in [0.2, 0.25) is 0 Å². The Labute approximate surface area is 197 Å². The maximum Gasteiger partial charge on any atom is 0.275 e. The Morgan fingerprint density at radius 2 is 1.82 bits per heavy atom. The quantitative estimate of drug-likeness (QED) is 0.420. The first kappa shape index (κ1) is 26.7. The molecule has 0 saturated carbocycles. The van der Waals surface area contributed by atoms with E-state index in [1.165, 1.54) is 4.90 Å². The minimum atomic E-state index is -0.811. The lowest BCUT2D eigenvalue weighted by atomic mass is 10.0. The first-order valence-corrected chi connectivity index (χ1v) is 11.3. The van der Waals surface area contributed by atoms with Gasteiger partial charge in [0.25, 0.3) is 5.91 Å². The molecule has 13 heteroatoms. The fourth-order valence-corrected chi connectivity index (χ4v) is 3.36. The molecule has 13 nitrogen and oxygen atoms in total. The highest BCUT2D eigenvalue weighted by Gasteiger charge is 2.27. The summed E-state index contributed by atoms with van der Waals surface area (Å²) in [7, 11) is 0. The van der Waals surface area contributed by atoms with Crippen LogP contribution in [-0.2, 0) is 19.2 Å². The zero-order valence-corrected chi connectivity index (χ0v) is 20.0. The molecule has 0 unspecified atom stereocenters. The summed E-state index contributed by atoms with van der Waals surface area (Å²) in [5.74, 6) is -2.20. The molecule has 0 aromatic carbocycles. The summed E-state index contributed by atoms with van der Waals surface area (Å²) >= 11 is 0. The molecule has 1 fully saturated rings. The number of carbonyl (C=O) groups is 5. The van der Waals surface area contributed by atoms with Crippen molar-refractivity contribution in [2.45, 2.75) is 59.0 Å². The smallest absolute Gasteiger partial charge is 0.275 e. The highest BCUT2D eigenvalue weighted by atomic mass is 16.6. The molecule has 0 radical (unpaired) electrons. The Hall–Kier alpha value is -3.51. The van der Waals surface area contributed by atoms with Gasteiger partial charge in [-0.15, -0.1) is 0 Å². The van der Waals surface area contributed by atoms with Gasteiger partial charge in [0.2, 0.25) is 23.6 Å². The molecule has 188 valence electrons. The van der Waals surface area contributed by atoms with Gasteiger partial charge in [-0.1, -0.05) is 19.0 Å². The molecular weight excluding hydrogens is 446 g/mol. The van der Waals surface area contributed by atoms with Gasteiger partial charge in [-0.3, -0.25) is 24.0 Å². The number of hydrogen-bond acceptors (Lipinski definition) is 8. The number of aromatic nitrogens is 2. The second-order valence-corrected chi connectivity index (χ2v) is 8.53. The SMILES string of the molecule is Cc1nonc1C(=O)NCC(=O)N1CCCNC(=O)[C@@H](C(C)C)NC(=O)[C@@H](C)NC(=O)CCC1. The summed E-state index contributed by atoms with van der Waals surface area (Å²) in [4.78, 5) is 63.7. The zero-order chi connectivity index (χ0) is 25.3. The van der Waals surface area contributed by atoms with Crippen LogP contribution >= 0.6 is 0 Å². The molecule has 5 amide bonds. The molecule has 1 aromatic heterocycles. The van der Waals surface area contributed by atoms with Gasteiger partial charge in [-0.05, 0) is 37.8 Å². The zero-order valence-electron chi connectivity index (χ0n) is 20.0. The molecule has 1 aliphatic heterocycles. The number of carbonyl (C=O) groups excluding carboxylic acids is 5. The van der Waals surface area contributed by atoms with Crippen LogP contribution < -0.4 is 21.3 Å². The van der Waals surface area contributed by atoms with Crippen LogP contribution in [0.1, 0.15) is 56.2 Å². The van der Waals surface area contributed by atoms with Crippen molar-refractivity contribution in [2.75, 3.05) is 26.2 Å². The number of nitrogens with zero attached hydrogens (tertiary/aromatic N) is 3. The molecule has 0 bridgehead atoms. The van der Waals surface area contributed by atoms with Crippen molar-refractivity contribution in [3.63, 3.8) is 0 Å². The molecule has 2 atom stereocenters. The number of hydrogen-bond donors (Lipinski definition) is 4. The Kier molecular flexibility index (Phi) is 9.95. The van der Waals surface area contributed by atoms with Crippen LogP contribution in [-0.4, -0.2) is 83.0 Å². The van der Waals surface area contributed by atoms with E-state index in [1.54, 1.807) is 13.8 Å². The topological polar surface area (TPSA) is 176 Å². The summed E-state index contributed by atoms with van der Waals surface area (Å²) in [6.45, 7) is 7.35. The minimum Gasteiger partial charge on any atom is -0.354 e. The van der Waals surface area contributed by atoms with E-state index in [0.717, 1.165) is 0 Å². The lowest BCUT2D eigenvalue weighted by Crippen LogP contribution is -2.54. The lowest BCUT2D eigenvalue weighted by Gasteiger charge is -2.24. The second kappa shape index (κ2) is 12.7. The predicted octanol–water partition coefficient (Wildman–Crippen LogP) is -1.12. The average Bonchev–Trinajstić information content (AvgIpc) is 3.21. The van der Waals surface area contributed by atoms with Crippen molar-refractivity contribution in [3.8, 4) is 0 Å². The number of rotatable bonds is 4.